The van der Waals surface area contributed by atoms with Crippen molar-refractivity contribution >= 4 is 17.4 Å². The first-order valence-electron chi connectivity index (χ1n) is 4.98. The van der Waals surface area contributed by atoms with Crippen molar-refractivity contribution in [1.29, 1.82) is 0 Å². The number of hydrogen-bond acceptors (Lipinski definition) is 1. The molecule has 0 radical (unpaired) electrons. The normalized spacial score (nSPS) is 21.6. The number of rotatable bonds is 1. The molecule has 1 aliphatic carbocycles. The Labute approximate surface area is 89.1 Å². The number of aryl methyl sites for hydroxylation is 1. The van der Waals surface area contributed by atoms with E-state index >= 15 is 0 Å². The van der Waals surface area contributed by atoms with Crippen molar-refractivity contribution in [3.8, 4) is 0 Å². The molecular formula is C12H13ClO. The molecule has 0 bridgehead atoms. The van der Waals surface area contributed by atoms with Crippen LogP contribution in [0.3, 0.4) is 0 Å². The van der Waals surface area contributed by atoms with Gasteiger partial charge >= 0.3 is 0 Å². The summed E-state index contributed by atoms with van der Waals surface area (Å²) in [5, 5.41) is 0.771. The van der Waals surface area contributed by atoms with E-state index in [1.165, 1.54) is 0 Å². The maximum atomic E-state index is 11.6. The molecule has 1 aliphatic rings. The van der Waals surface area contributed by atoms with Crippen molar-refractivity contribution in [1.82, 2.24) is 0 Å². The molecule has 1 saturated carbocycles. The van der Waals surface area contributed by atoms with Gasteiger partial charge in [0.1, 0.15) is 5.78 Å². The van der Waals surface area contributed by atoms with E-state index in [0.29, 0.717) is 5.78 Å². The standard InChI is InChI=1S/C12H13ClO/c1-8-4-2-6-10(12(8)13)9-5-3-7-11(9)14/h2,4,6,9H,3,5,7H2,1H3. The molecule has 0 spiro atoms. The zero-order valence-corrected chi connectivity index (χ0v) is 8.97. The van der Waals surface area contributed by atoms with Crippen molar-refractivity contribution in [2.24, 2.45) is 0 Å². The number of ketones is 1. The Morgan fingerprint density at radius 2 is 2.21 bits per heavy atom. The summed E-state index contributed by atoms with van der Waals surface area (Å²) >= 11 is 6.19. The number of benzene rings is 1. The minimum Gasteiger partial charge on any atom is -0.299 e. The summed E-state index contributed by atoms with van der Waals surface area (Å²) in [4.78, 5) is 11.6. The lowest BCUT2D eigenvalue weighted by atomic mass is 9.95. The zero-order valence-electron chi connectivity index (χ0n) is 8.22. The molecule has 1 aromatic rings. The molecule has 0 amide bonds. The molecule has 2 rings (SSSR count). The number of halogens is 1. The topological polar surface area (TPSA) is 17.1 Å². The quantitative estimate of drug-likeness (QED) is 0.691. The Kier molecular flexibility index (Phi) is 2.60. The Hall–Kier alpha value is -0.820. The third kappa shape index (κ3) is 1.57. The number of Topliss-reactive ketones (excluding diaryl/α,β-unsaturated/α-hetero) is 1. The van der Waals surface area contributed by atoms with E-state index in [2.05, 4.69) is 0 Å². The van der Waals surface area contributed by atoms with E-state index in [0.717, 1.165) is 35.4 Å². The highest BCUT2D eigenvalue weighted by molar-refractivity contribution is 6.32. The van der Waals surface area contributed by atoms with E-state index in [-0.39, 0.29) is 5.92 Å². The Bertz CT molecular complexity index is 371. The fourth-order valence-electron chi connectivity index (χ4n) is 2.08. The van der Waals surface area contributed by atoms with Crippen molar-refractivity contribution in [3.63, 3.8) is 0 Å². The molecule has 1 aromatic carbocycles. The van der Waals surface area contributed by atoms with Gasteiger partial charge in [-0.05, 0) is 30.9 Å². The summed E-state index contributed by atoms with van der Waals surface area (Å²) in [6.45, 7) is 1.98. The molecule has 2 heteroatoms. The number of hydrogen-bond donors (Lipinski definition) is 0. The van der Waals surface area contributed by atoms with Crippen LogP contribution in [0.4, 0.5) is 0 Å². The first-order chi connectivity index (χ1) is 6.70. The summed E-state index contributed by atoms with van der Waals surface area (Å²) in [7, 11) is 0. The number of carbonyl (C=O) groups excluding carboxylic acids is 1. The highest BCUT2D eigenvalue weighted by atomic mass is 35.5. The van der Waals surface area contributed by atoms with Crippen LogP contribution in [-0.2, 0) is 4.79 Å². The van der Waals surface area contributed by atoms with Gasteiger partial charge in [-0.25, -0.2) is 0 Å². The average Bonchev–Trinajstić information content (AvgIpc) is 2.57. The van der Waals surface area contributed by atoms with E-state index in [1.807, 2.05) is 25.1 Å². The Morgan fingerprint density at radius 1 is 1.43 bits per heavy atom. The molecule has 74 valence electrons. The van der Waals surface area contributed by atoms with Crippen molar-refractivity contribution in [2.45, 2.75) is 32.1 Å². The van der Waals surface area contributed by atoms with Gasteiger partial charge in [-0.3, -0.25) is 4.79 Å². The van der Waals surface area contributed by atoms with Gasteiger partial charge < -0.3 is 0 Å². The molecule has 1 nitrogen and oxygen atoms in total. The molecular weight excluding hydrogens is 196 g/mol. The second kappa shape index (κ2) is 3.74. The largest absolute Gasteiger partial charge is 0.299 e. The minimum atomic E-state index is 0.0578. The van der Waals surface area contributed by atoms with E-state index in [1.54, 1.807) is 0 Å². The molecule has 0 aliphatic heterocycles. The molecule has 0 N–H and O–H groups in total. The highest BCUT2D eigenvalue weighted by Gasteiger charge is 2.27. The fraction of sp³-hybridized carbons (Fsp3) is 0.417. The summed E-state index contributed by atoms with van der Waals surface area (Å²) < 4.78 is 0. The molecule has 1 atom stereocenters. The summed E-state index contributed by atoms with van der Waals surface area (Å²) in [6.07, 6.45) is 2.69. The minimum absolute atomic E-state index is 0.0578. The zero-order chi connectivity index (χ0) is 10.1. The van der Waals surface area contributed by atoms with Gasteiger partial charge in [-0.2, -0.15) is 0 Å². The smallest absolute Gasteiger partial charge is 0.140 e. The van der Waals surface area contributed by atoms with Gasteiger partial charge in [0.25, 0.3) is 0 Å². The van der Waals surface area contributed by atoms with Gasteiger partial charge in [0.15, 0.2) is 0 Å². The van der Waals surface area contributed by atoms with Crippen LogP contribution in [0.5, 0.6) is 0 Å². The lowest BCUT2D eigenvalue weighted by Crippen LogP contribution is -2.05. The fourth-order valence-corrected chi connectivity index (χ4v) is 2.34. The maximum absolute atomic E-state index is 11.6. The van der Waals surface area contributed by atoms with E-state index in [9.17, 15) is 4.79 Å². The first kappa shape index (κ1) is 9.72. The summed E-state index contributed by atoms with van der Waals surface area (Å²) in [6, 6.07) is 5.93. The maximum Gasteiger partial charge on any atom is 0.140 e. The third-order valence-electron chi connectivity index (χ3n) is 2.90. The predicted octanol–water partition coefficient (Wildman–Crippen LogP) is 3.49. The molecule has 0 aromatic heterocycles. The summed E-state index contributed by atoms with van der Waals surface area (Å²) in [5.74, 6) is 0.403. The van der Waals surface area contributed by atoms with Gasteiger partial charge in [0.2, 0.25) is 0 Å². The molecule has 0 heterocycles. The Balaban J connectivity index is 2.41. The lowest BCUT2D eigenvalue weighted by molar-refractivity contribution is -0.118. The van der Waals surface area contributed by atoms with Crippen LogP contribution in [0, 0.1) is 6.92 Å². The van der Waals surface area contributed by atoms with Crippen LogP contribution in [-0.4, -0.2) is 5.78 Å². The van der Waals surface area contributed by atoms with Gasteiger partial charge in [0.05, 0.1) is 0 Å². The predicted molar refractivity (Wildman–Crippen MR) is 57.8 cm³/mol. The van der Waals surface area contributed by atoms with Crippen molar-refractivity contribution in [2.75, 3.05) is 0 Å². The van der Waals surface area contributed by atoms with Crippen LogP contribution in [0.1, 0.15) is 36.3 Å². The highest BCUT2D eigenvalue weighted by Crippen LogP contribution is 2.36. The lowest BCUT2D eigenvalue weighted by Gasteiger charge is -2.11. The van der Waals surface area contributed by atoms with Crippen molar-refractivity contribution in [3.05, 3.63) is 34.3 Å². The van der Waals surface area contributed by atoms with Crippen molar-refractivity contribution < 1.29 is 4.79 Å². The van der Waals surface area contributed by atoms with Crippen LogP contribution < -0.4 is 0 Å². The second-order valence-corrected chi connectivity index (χ2v) is 4.27. The Morgan fingerprint density at radius 3 is 2.86 bits per heavy atom. The molecule has 14 heavy (non-hydrogen) atoms. The van der Waals surface area contributed by atoms with Crippen LogP contribution >= 0.6 is 11.6 Å². The molecule has 1 unspecified atom stereocenters. The number of carbonyl (C=O) groups is 1. The van der Waals surface area contributed by atoms with Crippen LogP contribution in [0.25, 0.3) is 0 Å². The second-order valence-electron chi connectivity index (χ2n) is 3.89. The molecule has 0 saturated heterocycles. The van der Waals surface area contributed by atoms with Gasteiger partial charge in [-0.1, -0.05) is 29.8 Å². The van der Waals surface area contributed by atoms with Crippen LogP contribution in [0.15, 0.2) is 18.2 Å². The SMILES string of the molecule is Cc1cccc(C2CCCC2=O)c1Cl. The van der Waals surface area contributed by atoms with Gasteiger partial charge in [-0.15, -0.1) is 0 Å². The first-order valence-corrected chi connectivity index (χ1v) is 5.35. The average molecular weight is 209 g/mol. The van der Waals surface area contributed by atoms with E-state index in [4.69, 9.17) is 11.6 Å². The summed E-state index contributed by atoms with van der Waals surface area (Å²) in [5.41, 5.74) is 2.08. The third-order valence-corrected chi connectivity index (χ3v) is 3.42. The van der Waals surface area contributed by atoms with E-state index < -0.39 is 0 Å². The monoisotopic (exact) mass is 208 g/mol. The molecule has 1 fully saturated rings. The van der Waals surface area contributed by atoms with Crippen LogP contribution in [0.2, 0.25) is 5.02 Å². The van der Waals surface area contributed by atoms with Gasteiger partial charge in [0, 0.05) is 17.4 Å².